The van der Waals surface area contributed by atoms with Crippen molar-refractivity contribution in [3.8, 4) is 0 Å². The number of anilines is 3. The fourth-order valence-corrected chi connectivity index (χ4v) is 4.79. The molecule has 35 heavy (non-hydrogen) atoms. The van der Waals surface area contributed by atoms with Gasteiger partial charge in [0.25, 0.3) is 0 Å². The van der Waals surface area contributed by atoms with Crippen molar-refractivity contribution in [1.82, 2.24) is 0 Å². The molecular weight excluding hydrogens is 428 g/mol. The van der Waals surface area contributed by atoms with E-state index in [1.165, 1.54) is 22.5 Å². The van der Waals surface area contributed by atoms with Crippen molar-refractivity contribution in [3.63, 3.8) is 0 Å². The molecule has 3 aromatic rings. The Balaban J connectivity index is 1.55. The molecule has 4 nitrogen and oxygen atoms in total. The summed E-state index contributed by atoms with van der Waals surface area (Å²) < 4.78 is 0. The lowest BCUT2D eigenvalue weighted by Crippen LogP contribution is -2.22. The molecule has 4 rings (SSSR count). The number of para-hydroxylation sites is 1. The van der Waals surface area contributed by atoms with Crippen molar-refractivity contribution in [3.05, 3.63) is 96.1 Å². The van der Waals surface area contributed by atoms with Gasteiger partial charge >= 0.3 is 0 Å². The Morgan fingerprint density at radius 1 is 0.714 bits per heavy atom. The topological polar surface area (TPSA) is 22.1 Å². The van der Waals surface area contributed by atoms with Gasteiger partial charge in [-0.25, -0.2) is 0 Å². The highest BCUT2D eigenvalue weighted by Gasteiger charge is 2.28. The zero-order valence-electron chi connectivity index (χ0n) is 21.6. The molecule has 0 bridgehead atoms. The summed E-state index contributed by atoms with van der Waals surface area (Å²) in [6.45, 7) is 12.9. The van der Waals surface area contributed by atoms with Gasteiger partial charge in [-0.1, -0.05) is 48.5 Å². The average molecular weight is 467 g/mol. The van der Waals surface area contributed by atoms with Crippen molar-refractivity contribution in [1.29, 1.82) is 0 Å². The van der Waals surface area contributed by atoms with Crippen LogP contribution < -0.4 is 14.8 Å². The third-order valence-corrected chi connectivity index (χ3v) is 6.85. The summed E-state index contributed by atoms with van der Waals surface area (Å²) in [4.78, 5) is 4.74. The summed E-state index contributed by atoms with van der Waals surface area (Å²) in [6.07, 6.45) is 5.24. The molecule has 0 spiro atoms. The van der Waals surface area contributed by atoms with Crippen LogP contribution in [0.4, 0.5) is 17.1 Å². The largest absolute Gasteiger partial charge is 0.372 e. The van der Waals surface area contributed by atoms with Crippen molar-refractivity contribution in [2.75, 3.05) is 41.0 Å². The Kier molecular flexibility index (Phi) is 8.25. The van der Waals surface area contributed by atoms with Gasteiger partial charge in [-0.3, -0.25) is 5.01 Å². The van der Waals surface area contributed by atoms with Gasteiger partial charge < -0.3 is 9.80 Å². The first kappa shape index (κ1) is 24.6. The van der Waals surface area contributed by atoms with Crippen LogP contribution in [-0.2, 0) is 0 Å². The van der Waals surface area contributed by atoms with E-state index < -0.39 is 0 Å². The van der Waals surface area contributed by atoms with Crippen molar-refractivity contribution in [2.24, 2.45) is 5.10 Å². The fraction of sp³-hybridized carbons (Fsp3) is 0.323. The number of benzene rings is 3. The van der Waals surface area contributed by atoms with Crippen LogP contribution in [0.1, 0.15) is 51.3 Å². The minimum absolute atomic E-state index is 0.188. The molecule has 182 valence electrons. The number of hydrogen-bond donors (Lipinski definition) is 0. The second kappa shape index (κ2) is 11.7. The van der Waals surface area contributed by atoms with Crippen LogP contribution in [0, 0.1) is 0 Å². The molecule has 4 heteroatoms. The molecule has 3 aromatic carbocycles. The Bertz CT molecular complexity index is 1110. The zero-order valence-corrected chi connectivity index (χ0v) is 21.6. The van der Waals surface area contributed by atoms with Gasteiger partial charge in [0.05, 0.1) is 17.4 Å². The Labute approximate surface area is 211 Å². The van der Waals surface area contributed by atoms with Gasteiger partial charge in [-0.05, 0) is 81.3 Å². The number of hydrogen-bond acceptors (Lipinski definition) is 4. The molecule has 1 heterocycles. The minimum Gasteiger partial charge on any atom is -0.372 e. The normalized spacial score (nSPS) is 15.5. The lowest BCUT2D eigenvalue weighted by Gasteiger charge is -2.25. The lowest BCUT2D eigenvalue weighted by molar-refractivity contribution is 0.709. The Morgan fingerprint density at radius 3 is 1.80 bits per heavy atom. The second-order valence-electron chi connectivity index (χ2n) is 8.85. The zero-order chi connectivity index (χ0) is 24.6. The molecule has 1 aliphatic rings. The van der Waals surface area contributed by atoms with Gasteiger partial charge in [0.1, 0.15) is 0 Å². The number of allylic oxidation sites excluding steroid dienone is 1. The third-order valence-electron chi connectivity index (χ3n) is 6.85. The number of rotatable bonds is 10. The molecule has 0 aromatic heterocycles. The molecule has 1 atom stereocenters. The molecule has 0 saturated heterocycles. The summed E-state index contributed by atoms with van der Waals surface area (Å²) in [5, 5.41) is 7.21. The van der Waals surface area contributed by atoms with Crippen LogP contribution in [0.5, 0.6) is 0 Å². The summed E-state index contributed by atoms with van der Waals surface area (Å²) >= 11 is 0. The number of nitrogens with zero attached hydrogens (tertiary/aromatic N) is 4. The van der Waals surface area contributed by atoms with Crippen LogP contribution in [0.15, 0.2) is 90.0 Å². The van der Waals surface area contributed by atoms with E-state index in [0.29, 0.717) is 0 Å². The van der Waals surface area contributed by atoms with Crippen molar-refractivity contribution >= 4 is 28.8 Å². The predicted octanol–water partition coefficient (Wildman–Crippen LogP) is 7.40. The standard InChI is InChI=1S/C31H38N4/c1-5-33(6-2)28-20-15-25(16-21-28)14-19-27-24-31(35(32-27)30-12-10-9-11-13-30)26-17-22-29(23-18-26)34(7-3)8-4/h9-23,31H,5-8,24H2,1-4H3/b19-14+/t31-/m0/s1. The van der Waals surface area contributed by atoms with Crippen LogP contribution in [0.3, 0.4) is 0 Å². The van der Waals surface area contributed by atoms with Crippen molar-refractivity contribution in [2.45, 2.75) is 40.2 Å². The maximum Gasteiger partial charge on any atom is 0.0831 e. The summed E-state index contributed by atoms with van der Waals surface area (Å²) in [7, 11) is 0. The van der Waals surface area contributed by atoms with E-state index in [1.807, 2.05) is 0 Å². The SMILES string of the molecule is CCN(CC)c1ccc(/C=C/C2=NN(c3ccccc3)[C@H](c3ccc(N(CC)CC)cc3)C2)cc1. The Morgan fingerprint density at radius 2 is 1.26 bits per heavy atom. The monoisotopic (exact) mass is 466 g/mol. The van der Waals surface area contributed by atoms with E-state index >= 15 is 0 Å². The van der Waals surface area contributed by atoms with Gasteiger partial charge in [-0.15, -0.1) is 0 Å². The first-order valence-corrected chi connectivity index (χ1v) is 13.0. The fourth-order valence-electron chi connectivity index (χ4n) is 4.79. The van der Waals surface area contributed by atoms with E-state index in [2.05, 4.69) is 134 Å². The van der Waals surface area contributed by atoms with Gasteiger partial charge in [0.15, 0.2) is 0 Å². The molecule has 1 aliphatic heterocycles. The van der Waals surface area contributed by atoms with Crippen LogP contribution in [0.2, 0.25) is 0 Å². The van der Waals surface area contributed by atoms with E-state index in [0.717, 1.165) is 44.0 Å². The maximum absolute atomic E-state index is 5.04. The molecule has 0 aliphatic carbocycles. The summed E-state index contributed by atoms with van der Waals surface area (Å²) in [5.41, 5.74) is 7.25. The highest BCUT2D eigenvalue weighted by molar-refractivity contribution is 6.01. The maximum atomic E-state index is 5.04. The highest BCUT2D eigenvalue weighted by Crippen LogP contribution is 2.36. The second-order valence-corrected chi connectivity index (χ2v) is 8.85. The van der Waals surface area contributed by atoms with Gasteiger partial charge in [-0.2, -0.15) is 5.10 Å². The van der Waals surface area contributed by atoms with E-state index in [1.54, 1.807) is 0 Å². The molecule has 0 amide bonds. The average Bonchev–Trinajstić information content (AvgIpc) is 3.35. The first-order valence-electron chi connectivity index (χ1n) is 13.0. The molecule has 0 fully saturated rings. The molecule has 0 unspecified atom stereocenters. The number of hydrazone groups is 1. The summed E-state index contributed by atoms with van der Waals surface area (Å²) in [6, 6.07) is 28.5. The Hall–Kier alpha value is -3.53. The third kappa shape index (κ3) is 5.76. The van der Waals surface area contributed by atoms with E-state index in [-0.39, 0.29) is 6.04 Å². The minimum atomic E-state index is 0.188. The van der Waals surface area contributed by atoms with Crippen molar-refractivity contribution < 1.29 is 0 Å². The molecule has 0 radical (unpaired) electrons. The van der Waals surface area contributed by atoms with Crippen LogP contribution >= 0.6 is 0 Å². The van der Waals surface area contributed by atoms with Crippen LogP contribution in [-0.4, -0.2) is 31.9 Å². The molecular formula is C31H38N4. The van der Waals surface area contributed by atoms with Crippen LogP contribution in [0.25, 0.3) is 6.08 Å². The smallest absolute Gasteiger partial charge is 0.0831 e. The first-order chi connectivity index (χ1) is 17.2. The predicted molar refractivity (Wildman–Crippen MR) is 153 cm³/mol. The quantitative estimate of drug-likeness (QED) is 0.311. The van der Waals surface area contributed by atoms with E-state index in [4.69, 9.17) is 5.10 Å². The lowest BCUT2D eigenvalue weighted by atomic mass is 10.00. The molecule has 0 N–H and O–H groups in total. The van der Waals surface area contributed by atoms with E-state index in [9.17, 15) is 0 Å². The van der Waals surface area contributed by atoms with Gasteiger partial charge in [0.2, 0.25) is 0 Å². The highest BCUT2D eigenvalue weighted by atomic mass is 15.5. The molecule has 0 saturated carbocycles. The summed E-state index contributed by atoms with van der Waals surface area (Å²) in [5.74, 6) is 0. The van der Waals surface area contributed by atoms with Gasteiger partial charge in [0, 0.05) is 44.0 Å².